The van der Waals surface area contributed by atoms with Crippen molar-refractivity contribution in [3.8, 4) is 11.1 Å². The van der Waals surface area contributed by atoms with Gasteiger partial charge < -0.3 is 0 Å². The van der Waals surface area contributed by atoms with Crippen molar-refractivity contribution in [2.75, 3.05) is 0 Å². The fourth-order valence-electron chi connectivity index (χ4n) is 4.38. The molecule has 1 aliphatic carbocycles. The van der Waals surface area contributed by atoms with Gasteiger partial charge in [-0.25, -0.2) is 17.6 Å². The number of alkyl halides is 3. The fourth-order valence-corrected chi connectivity index (χ4v) is 4.38. The molecule has 7 heteroatoms. The third kappa shape index (κ3) is 5.69. The van der Waals surface area contributed by atoms with Crippen LogP contribution in [0.1, 0.15) is 62.5 Å². The number of benzene rings is 2. The molecule has 2 aromatic rings. The number of halogens is 7. The second kappa shape index (κ2) is 9.45. The zero-order chi connectivity index (χ0) is 22.8. The second-order valence-electron chi connectivity index (χ2n) is 8.09. The number of rotatable bonds is 5. The van der Waals surface area contributed by atoms with E-state index in [1.54, 1.807) is 6.07 Å². The molecule has 0 aliphatic heterocycles. The van der Waals surface area contributed by atoms with Gasteiger partial charge in [0, 0.05) is 5.56 Å². The van der Waals surface area contributed by atoms with Crippen LogP contribution in [0.25, 0.3) is 17.0 Å². The van der Waals surface area contributed by atoms with Crippen molar-refractivity contribution in [2.45, 2.75) is 57.5 Å². The van der Waals surface area contributed by atoms with Crippen LogP contribution in [0.2, 0.25) is 0 Å². The SMILES string of the molecule is CCCC1CCC(c2ccc(-c3cc(F)c(/C(F)=C/C(F)(F)F)c(F)c3)c(F)c2)CC1. The first kappa shape index (κ1) is 23.4. The van der Waals surface area contributed by atoms with Gasteiger partial charge in [-0.3, -0.25) is 0 Å². The Kier molecular flexibility index (Phi) is 7.12. The van der Waals surface area contributed by atoms with Crippen LogP contribution in [0, 0.1) is 23.4 Å². The predicted octanol–water partition coefficient (Wildman–Crippen LogP) is 8.72. The molecule has 0 spiro atoms. The Morgan fingerprint density at radius 1 is 0.935 bits per heavy atom. The Hall–Kier alpha value is -2.31. The van der Waals surface area contributed by atoms with Crippen LogP contribution in [0.5, 0.6) is 0 Å². The fraction of sp³-hybridized carbons (Fsp3) is 0.417. The van der Waals surface area contributed by atoms with Crippen molar-refractivity contribution < 1.29 is 30.7 Å². The lowest BCUT2D eigenvalue weighted by molar-refractivity contribution is -0.0798. The highest BCUT2D eigenvalue weighted by Crippen LogP contribution is 2.39. The van der Waals surface area contributed by atoms with E-state index in [1.165, 1.54) is 18.6 Å². The largest absolute Gasteiger partial charge is 0.412 e. The Morgan fingerprint density at radius 2 is 1.55 bits per heavy atom. The molecular formula is C24H23F7. The topological polar surface area (TPSA) is 0 Å². The molecule has 2 aromatic carbocycles. The lowest BCUT2D eigenvalue weighted by Crippen LogP contribution is -2.13. The lowest BCUT2D eigenvalue weighted by Gasteiger charge is -2.28. The summed E-state index contributed by atoms with van der Waals surface area (Å²) in [6, 6.07) is 5.72. The summed E-state index contributed by atoms with van der Waals surface area (Å²) in [6.45, 7) is 2.15. The second-order valence-corrected chi connectivity index (χ2v) is 8.09. The van der Waals surface area contributed by atoms with Crippen molar-refractivity contribution in [3.05, 3.63) is 65.0 Å². The van der Waals surface area contributed by atoms with E-state index in [0.717, 1.165) is 37.7 Å². The van der Waals surface area contributed by atoms with E-state index in [1.807, 2.05) is 0 Å². The van der Waals surface area contributed by atoms with Crippen LogP contribution in [0.4, 0.5) is 30.7 Å². The average Bonchev–Trinajstić information content (AvgIpc) is 2.66. The van der Waals surface area contributed by atoms with E-state index in [4.69, 9.17) is 0 Å². The summed E-state index contributed by atoms with van der Waals surface area (Å²) in [5.41, 5.74) is -0.933. The van der Waals surface area contributed by atoms with Crippen LogP contribution < -0.4 is 0 Å². The van der Waals surface area contributed by atoms with Crippen LogP contribution in [-0.2, 0) is 0 Å². The van der Waals surface area contributed by atoms with E-state index in [2.05, 4.69) is 6.92 Å². The quantitative estimate of drug-likeness (QED) is 0.405. The summed E-state index contributed by atoms with van der Waals surface area (Å²) < 4.78 is 93.7. The Bertz CT molecular complexity index is 928. The van der Waals surface area contributed by atoms with E-state index in [9.17, 15) is 30.7 Å². The molecule has 0 saturated heterocycles. The third-order valence-electron chi connectivity index (χ3n) is 5.89. The van der Waals surface area contributed by atoms with Gasteiger partial charge in [-0.2, -0.15) is 13.2 Å². The zero-order valence-corrected chi connectivity index (χ0v) is 17.0. The highest BCUT2D eigenvalue weighted by Gasteiger charge is 2.28. The molecule has 0 bridgehead atoms. The molecule has 0 atom stereocenters. The summed E-state index contributed by atoms with van der Waals surface area (Å²) in [5, 5.41) is 0. The van der Waals surface area contributed by atoms with E-state index < -0.39 is 41.1 Å². The number of hydrogen-bond acceptors (Lipinski definition) is 0. The maximum Gasteiger partial charge on any atom is 0.412 e. The maximum absolute atomic E-state index is 14.8. The molecule has 0 unspecified atom stereocenters. The van der Waals surface area contributed by atoms with Gasteiger partial charge >= 0.3 is 6.18 Å². The molecule has 0 aromatic heterocycles. The molecule has 31 heavy (non-hydrogen) atoms. The summed E-state index contributed by atoms with van der Waals surface area (Å²) in [4.78, 5) is 0. The minimum atomic E-state index is -5.07. The van der Waals surface area contributed by atoms with Crippen molar-refractivity contribution in [2.24, 2.45) is 5.92 Å². The molecule has 1 saturated carbocycles. The molecule has 168 valence electrons. The minimum Gasteiger partial charge on any atom is -0.206 e. The van der Waals surface area contributed by atoms with Crippen molar-refractivity contribution in [1.29, 1.82) is 0 Å². The molecule has 1 aliphatic rings. The predicted molar refractivity (Wildman–Crippen MR) is 106 cm³/mol. The molecule has 1 fully saturated rings. The smallest absolute Gasteiger partial charge is 0.206 e. The molecule has 0 amide bonds. The normalized spacial score (nSPS) is 20.2. The van der Waals surface area contributed by atoms with Crippen LogP contribution in [0.3, 0.4) is 0 Å². The summed E-state index contributed by atoms with van der Waals surface area (Å²) in [6.07, 6.45) is 0.496. The van der Waals surface area contributed by atoms with E-state index in [-0.39, 0.29) is 17.0 Å². The molecule has 0 N–H and O–H groups in total. The zero-order valence-electron chi connectivity index (χ0n) is 17.0. The third-order valence-corrected chi connectivity index (χ3v) is 5.89. The summed E-state index contributed by atoms with van der Waals surface area (Å²) in [7, 11) is 0. The van der Waals surface area contributed by atoms with Gasteiger partial charge in [-0.05, 0) is 66.8 Å². The van der Waals surface area contributed by atoms with Gasteiger partial charge in [-0.1, -0.05) is 31.9 Å². The number of allylic oxidation sites excluding steroid dienone is 1. The van der Waals surface area contributed by atoms with Gasteiger partial charge in [0.2, 0.25) is 0 Å². The minimum absolute atomic E-state index is 0.104. The van der Waals surface area contributed by atoms with Crippen molar-refractivity contribution in [1.82, 2.24) is 0 Å². The highest BCUT2D eigenvalue weighted by atomic mass is 19.4. The molecule has 0 radical (unpaired) electrons. The monoisotopic (exact) mass is 444 g/mol. The Labute approximate surface area is 176 Å². The van der Waals surface area contributed by atoms with Crippen molar-refractivity contribution >= 4 is 5.83 Å². The van der Waals surface area contributed by atoms with Crippen LogP contribution in [-0.4, -0.2) is 6.18 Å². The van der Waals surface area contributed by atoms with Crippen LogP contribution in [0.15, 0.2) is 36.4 Å². The first-order valence-corrected chi connectivity index (χ1v) is 10.3. The van der Waals surface area contributed by atoms with E-state index >= 15 is 0 Å². The molecule has 3 rings (SSSR count). The Balaban J connectivity index is 1.85. The highest BCUT2D eigenvalue weighted by molar-refractivity contribution is 5.69. The van der Waals surface area contributed by atoms with Gasteiger partial charge in [-0.15, -0.1) is 0 Å². The standard InChI is InChI=1S/C24H23F7/c1-2-3-14-4-6-15(7-5-14)16-8-9-18(19(25)10-16)17-11-20(26)23(21(27)12-17)22(28)13-24(29,30)31/h8-15H,2-7H2,1H3/b22-13-. The molecular weight excluding hydrogens is 421 g/mol. The summed E-state index contributed by atoms with van der Waals surface area (Å²) >= 11 is 0. The van der Waals surface area contributed by atoms with Crippen LogP contribution >= 0.6 is 0 Å². The van der Waals surface area contributed by atoms with Gasteiger partial charge in [0.05, 0.1) is 11.6 Å². The van der Waals surface area contributed by atoms with Gasteiger partial charge in [0.15, 0.2) is 0 Å². The lowest BCUT2D eigenvalue weighted by atomic mass is 9.77. The molecule has 0 nitrogen and oxygen atoms in total. The first-order valence-electron chi connectivity index (χ1n) is 10.3. The first-order chi connectivity index (χ1) is 14.6. The van der Waals surface area contributed by atoms with E-state index in [0.29, 0.717) is 18.1 Å². The average molecular weight is 444 g/mol. The van der Waals surface area contributed by atoms with Crippen molar-refractivity contribution in [3.63, 3.8) is 0 Å². The molecule has 0 heterocycles. The maximum atomic E-state index is 14.8. The van der Waals surface area contributed by atoms with Gasteiger partial charge in [0.1, 0.15) is 23.3 Å². The Morgan fingerprint density at radius 3 is 2.06 bits per heavy atom. The van der Waals surface area contributed by atoms with Gasteiger partial charge in [0.25, 0.3) is 0 Å². The number of hydrogen-bond donors (Lipinski definition) is 0. The summed E-state index contributed by atoms with van der Waals surface area (Å²) in [5.74, 6) is -4.93.